The van der Waals surface area contributed by atoms with Gasteiger partial charge in [0.2, 0.25) is 0 Å². The third-order valence-electron chi connectivity index (χ3n) is 2.58. The van der Waals surface area contributed by atoms with Gasteiger partial charge in [-0.1, -0.05) is 13.3 Å². The van der Waals surface area contributed by atoms with Gasteiger partial charge >= 0.3 is 0 Å². The van der Waals surface area contributed by atoms with Crippen molar-refractivity contribution in [1.82, 2.24) is 9.88 Å². The van der Waals surface area contributed by atoms with Gasteiger partial charge in [-0.15, -0.1) is 0 Å². The van der Waals surface area contributed by atoms with Crippen molar-refractivity contribution in [3.8, 4) is 0 Å². The van der Waals surface area contributed by atoms with Gasteiger partial charge in [0, 0.05) is 19.3 Å². The lowest BCUT2D eigenvalue weighted by Gasteiger charge is -2.21. The fraction of sp³-hybridized carbons (Fsp3) is 0.500. The molecule has 0 aliphatic heterocycles. The monoisotopic (exact) mass is 252 g/mol. The van der Waals surface area contributed by atoms with E-state index in [0.29, 0.717) is 24.5 Å². The van der Waals surface area contributed by atoms with Gasteiger partial charge in [0.25, 0.3) is 5.91 Å². The largest absolute Gasteiger partial charge is 0.395 e. The highest BCUT2D eigenvalue weighted by atomic mass is 16.3. The average molecular weight is 252 g/mol. The number of anilines is 1. The van der Waals surface area contributed by atoms with Crippen LogP contribution in [0.2, 0.25) is 0 Å². The minimum Gasteiger partial charge on any atom is -0.395 e. The van der Waals surface area contributed by atoms with Crippen molar-refractivity contribution in [2.75, 3.05) is 25.1 Å². The number of carbonyl (C=O) groups is 1. The second-order valence-electron chi connectivity index (χ2n) is 3.94. The molecule has 0 spiro atoms. The molecule has 0 fully saturated rings. The predicted octanol–water partition coefficient (Wildman–Crippen LogP) is 0.602. The Labute approximate surface area is 107 Å². The van der Waals surface area contributed by atoms with Crippen molar-refractivity contribution in [3.63, 3.8) is 0 Å². The number of pyridine rings is 1. The van der Waals surface area contributed by atoms with Crippen LogP contribution in [0.15, 0.2) is 18.3 Å². The van der Waals surface area contributed by atoms with Gasteiger partial charge < -0.3 is 15.4 Å². The number of aliphatic hydroxyl groups excluding tert-OH is 1. The van der Waals surface area contributed by atoms with Crippen LogP contribution in [0.5, 0.6) is 0 Å². The number of nitrogens with zero attached hydrogens (tertiary/aromatic N) is 2. The molecule has 0 aliphatic carbocycles. The molecular weight excluding hydrogens is 232 g/mol. The Hall–Kier alpha value is -1.66. The van der Waals surface area contributed by atoms with Crippen molar-refractivity contribution < 1.29 is 9.90 Å². The Balaban J connectivity index is 2.79. The third-order valence-corrected chi connectivity index (χ3v) is 2.58. The molecule has 0 saturated heterocycles. The fourth-order valence-electron chi connectivity index (χ4n) is 1.58. The highest BCUT2D eigenvalue weighted by Gasteiger charge is 2.16. The number of nitrogen functional groups attached to an aromatic ring is 1. The molecule has 100 valence electrons. The number of aromatic nitrogens is 1. The summed E-state index contributed by atoms with van der Waals surface area (Å²) in [5, 5.41) is 8.99. The number of amides is 1. The molecule has 0 bridgehead atoms. The first kappa shape index (κ1) is 14.4. The molecule has 0 saturated carbocycles. The molecule has 0 unspecified atom stereocenters. The molecule has 0 aliphatic rings. The smallest absolute Gasteiger partial charge is 0.272 e. The van der Waals surface area contributed by atoms with E-state index < -0.39 is 0 Å². The van der Waals surface area contributed by atoms with Crippen LogP contribution < -0.4 is 11.3 Å². The Kier molecular flexibility index (Phi) is 6.10. The minimum absolute atomic E-state index is 0.0513. The van der Waals surface area contributed by atoms with Gasteiger partial charge in [0.05, 0.1) is 12.3 Å². The van der Waals surface area contributed by atoms with Crippen LogP contribution in [0.3, 0.4) is 0 Å². The zero-order chi connectivity index (χ0) is 13.4. The predicted molar refractivity (Wildman–Crippen MR) is 69.9 cm³/mol. The second-order valence-corrected chi connectivity index (χ2v) is 3.94. The minimum atomic E-state index is -0.186. The zero-order valence-corrected chi connectivity index (χ0v) is 10.6. The van der Waals surface area contributed by atoms with E-state index in [1.165, 1.54) is 6.20 Å². The normalized spacial score (nSPS) is 10.2. The summed E-state index contributed by atoms with van der Waals surface area (Å²) in [4.78, 5) is 17.8. The van der Waals surface area contributed by atoms with Crippen LogP contribution in [0.4, 0.5) is 5.69 Å². The summed E-state index contributed by atoms with van der Waals surface area (Å²) in [6, 6.07) is 3.28. The van der Waals surface area contributed by atoms with Crippen LogP contribution in [-0.4, -0.2) is 40.6 Å². The van der Waals surface area contributed by atoms with Crippen LogP contribution >= 0.6 is 0 Å². The molecule has 6 nitrogen and oxygen atoms in total. The van der Waals surface area contributed by atoms with Crippen molar-refractivity contribution in [1.29, 1.82) is 0 Å². The van der Waals surface area contributed by atoms with E-state index in [4.69, 9.17) is 10.9 Å². The number of aliphatic hydroxyl groups is 1. The molecule has 1 aromatic rings. The van der Waals surface area contributed by atoms with Crippen LogP contribution in [0.1, 0.15) is 30.3 Å². The van der Waals surface area contributed by atoms with Gasteiger partial charge in [0.15, 0.2) is 0 Å². The lowest BCUT2D eigenvalue weighted by atomic mass is 10.2. The first-order valence-electron chi connectivity index (χ1n) is 6.05. The van der Waals surface area contributed by atoms with Gasteiger partial charge in [-0.2, -0.15) is 0 Å². The summed E-state index contributed by atoms with van der Waals surface area (Å²) in [6.07, 6.45) is 3.42. The average Bonchev–Trinajstić information content (AvgIpc) is 2.42. The molecule has 18 heavy (non-hydrogen) atoms. The molecule has 0 aromatic carbocycles. The molecular formula is C12H20N4O2. The van der Waals surface area contributed by atoms with E-state index in [1.807, 2.05) is 0 Å². The van der Waals surface area contributed by atoms with E-state index in [2.05, 4.69) is 17.3 Å². The number of hydrogen-bond acceptors (Lipinski definition) is 5. The number of rotatable bonds is 7. The summed E-state index contributed by atoms with van der Waals surface area (Å²) in [5.41, 5.74) is 3.44. The van der Waals surface area contributed by atoms with E-state index in [9.17, 15) is 4.79 Å². The van der Waals surface area contributed by atoms with Gasteiger partial charge in [-0.05, 0) is 18.6 Å². The quantitative estimate of drug-likeness (QED) is 0.488. The molecule has 1 aromatic heterocycles. The third kappa shape index (κ3) is 3.97. The van der Waals surface area contributed by atoms with Crippen LogP contribution in [0.25, 0.3) is 0 Å². The summed E-state index contributed by atoms with van der Waals surface area (Å²) >= 11 is 0. The lowest BCUT2D eigenvalue weighted by molar-refractivity contribution is 0.0713. The Bertz CT molecular complexity index is 384. The van der Waals surface area contributed by atoms with Crippen LogP contribution in [-0.2, 0) is 0 Å². The number of hydrazine groups is 1. The molecule has 0 radical (unpaired) electrons. The number of carbonyl (C=O) groups excluding carboxylic acids is 1. The zero-order valence-electron chi connectivity index (χ0n) is 10.6. The van der Waals surface area contributed by atoms with Gasteiger partial charge in [-0.3, -0.25) is 15.6 Å². The number of unbranched alkanes of at least 4 members (excludes halogenated alkanes) is 1. The first-order chi connectivity index (χ1) is 8.72. The standard InChI is InChI=1S/C12H20N4O2/c1-2-3-6-16(7-8-17)12(18)11-9-10(15-13)4-5-14-11/h4-5,9,17H,2-3,6-8,13H2,1H3,(H,14,15). The van der Waals surface area contributed by atoms with Crippen molar-refractivity contribution in [2.45, 2.75) is 19.8 Å². The number of hydrogen-bond donors (Lipinski definition) is 3. The molecule has 1 heterocycles. The maximum absolute atomic E-state index is 12.2. The Morgan fingerprint density at radius 2 is 2.33 bits per heavy atom. The van der Waals surface area contributed by atoms with E-state index in [0.717, 1.165) is 12.8 Å². The lowest BCUT2D eigenvalue weighted by Crippen LogP contribution is -2.35. The fourth-order valence-corrected chi connectivity index (χ4v) is 1.58. The van der Waals surface area contributed by atoms with Gasteiger partial charge in [-0.25, -0.2) is 0 Å². The molecule has 6 heteroatoms. The highest BCUT2D eigenvalue weighted by Crippen LogP contribution is 2.09. The maximum atomic E-state index is 12.2. The van der Waals surface area contributed by atoms with Crippen LogP contribution in [0, 0.1) is 0 Å². The maximum Gasteiger partial charge on any atom is 0.272 e. The number of nitrogens with two attached hydrogens (primary N) is 1. The van der Waals surface area contributed by atoms with Crippen molar-refractivity contribution >= 4 is 11.6 Å². The topological polar surface area (TPSA) is 91.5 Å². The molecule has 4 N–H and O–H groups in total. The van der Waals surface area contributed by atoms with Crippen molar-refractivity contribution in [3.05, 3.63) is 24.0 Å². The summed E-state index contributed by atoms with van der Waals surface area (Å²) in [6.45, 7) is 2.95. The van der Waals surface area contributed by atoms with Gasteiger partial charge in [0.1, 0.15) is 5.69 Å². The molecule has 1 rings (SSSR count). The Morgan fingerprint density at radius 3 is 2.94 bits per heavy atom. The van der Waals surface area contributed by atoms with E-state index in [1.54, 1.807) is 17.0 Å². The molecule has 1 amide bonds. The SMILES string of the molecule is CCCCN(CCO)C(=O)c1cc(NN)ccn1. The number of nitrogens with one attached hydrogen (secondary N) is 1. The van der Waals surface area contributed by atoms with E-state index >= 15 is 0 Å². The second kappa shape index (κ2) is 7.62. The Morgan fingerprint density at radius 1 is 1.56 bits per heavy atom. The first-order valence-corrected chi connectivity index (χ1v) is 6.05. The summed E-state index contributed by atoms with van der Waals surface area (Å²) in [7, 11) is 0. The van der Waals surface area contributed by atoms with Crippen molar-refractivity contribution in [2.24, 2.45) is 5.84 Å². The highest BCUT2D eigenvalue weighted by molar-refractivity contribution is 5.93. The summed E-state index contributed by atoms with van der Waals surface area (Å²) < 4.78 is 0. The summed E-state index contributed by atoms with van der Waals surface area (Å²) in [5.74, 6) is 5.11. The molecule has 0 atom stereocenters. The van der Waals surface area contributed by atoms with E-state index in [-0.39, 0.29) is 12.5 Å².